The Kier molecular flexibility index (Phi) is 10.7. The molecule has 0 aliphatic carbocycles. The molecule has 0 unspecified atom stereocenters. The van der Waals surface area contributed by atoms with Crippen LogP contribution in [0, 0.1) is 11.8 Å². The van der Waals surface area contributed by atoms with Gasteiger partial charge in [0.25, 0.3) is 0 Å². The maximum Gasteiger partial charge on any atom is 0.410 e. The molecule has 2 amide bonds. The van der Waals surface area contributed by atoms with E-state index in [1.165, 1.54) is 19.4 Å². The van der Waals surface area contributed by atoms with E-state index in [0.29, 0.717) is 50.5 Å². The summed E-state index contributed by atoms with van der Waals surface area (Å²) >= 11 is 0. The van der Waals surface area contributed by atoms with Gasteiger partial charge in [-0.05, 0) is 70.4 Å². The quantitative estimate of drug-likeness (QED) is 0.461. The highest BCUT2D eigenvalue weighted by Crippen LogP contribution is 2.30. The van der Waals surface area contributed by atoms with Crippen LogP contribution in [0.5, 0.6) is 5.75 Å². The lowest BCUT2D eigenvalue weighted by atomic mass is 9.84. The Hall–Kier alpha value is -3.17. The van der Waals surface area contributed by atoms with E-state index in [4.69, 9.17) is 9.47 Å². The molecule has 0 spiro atoms. The van der Waals surface area contributed by atoms with Crippen molar-refractivity contribution in [1.29, 1.82) is 0 Å². The van der Waals surface area contributed by atoms with Crippen LogP contribution >= 0.6 is 0 Å². The molecule has 216 valence electrons. The Bertz CT molecular complexity index is 1010. The summed E-state index contributed by atoms with van der Waals surface area (Å²) in [6.45, 7) is 7.87. The highest BCUT2D eigenvalue weighted by Gasteiger charge is 2.32. The van der Waals surface area contributed by atoms with Gasteiger partial charge in [-0.1, -0.05) is 0 Å². The smallest absolute Gasteiger partial charge is 0.410 e. The van der Waals surface area contributed by atoms with E-state index in [2.05, 4.69) is 4.98 Å². The van der Waals surface area contributed by atoms with Gasteiger partial charge in [-0.25, -0.2) is 4.79 Å². The average molecular weight is 546 g/mol. The third kappa shape index (κ3) is 9.51. The predicted octanol–water partition coefficient (Wildman–Crippen LogP) is 4.06. The number of ketones is 1. The monoisotopic (exact) mass is 545 g/mol. The first kappa shape index (κ1) is 30.4. The molecule has 3 heterocycles. The minimum absolute atomic E-state index is 0.000685. The standard InChI is InChI=1S/C29H43N3O7/c1-29(2,3)39-28(37)31-12-9-20(10-13-31)7-8-26(35)32-11-5-6-21(19-32)25(34)15-22(16-27(36)38-4)23-14-24(33)18-30-17-23/h14,17-18,20-22,33H,5-13,15-16,19H2,1-4H3/t21-,22+/m1/s1. The molecule has 0 radical (unpaired) electrons. The van der Waals surface area contributed by atoms with Gasteiger partial charge in [0.05, 0.1) is 19.7 Å². The van der Waals surface area contributed by atoms with Crippen molar-refractivity contribution in [1.82, 2.24) is 14.8 Å². The molecule has 0 aromatic carbocycles. The molecule has 0 saturated carbocycles. The van der Waals surface area contributed by atoms with E-state index in [1.807, 2.05) is 20.8 Å². The average Bonchev–Trinajstić information content (AvgIpc) is 2.90. The fourth-order valence-corrected chi connectivity index (χ4v) is 5.35. The summed E-state index contributed by atoms with van der Waals surface area (Å²) < 4.78 is 10.3. The van der Waals surface area contributed by atoms with Gasteiger partial charge in [-0.15, -0.1) is 0 Å². The van der Waals surface area contributed by atoms with Gasteiger partial charge in [0.1, 0.15) is 17.1 Å². The van der Waals surface area contributed by atoms with Gasteiger partial charge in [-0.2, -0.15) is 0 Å². The van der Waals surface area contributed by atoms with Crippen molar-refractivity contribution in [3.63, 3.8) is 0 Å². The zero-order valence-corrected chi connectivity index (χ0v) is 23.7. The second kappa shape index (κ2) is 13.8. The molecule has 2 aliphatic heterocycles. The number of hydrogen-bond acceptors (Lipinski definition) is 8. The van der Waals surface area contributed by atoms with Gasteiger partial charge < -0.3 is 24.4 Å². The number of carbonyl (C=O) groups excluding carboxylic acids is 4. The SMILES string of the molecule is COC(=O)C[C@H](CC(=O)[C@@H]1CCCN(C(=O)CCC2CCN(C(=O)OC(C)(C)C)CC2)C1)c1cncc(O)c1. The predicted molar refractivity (Wildman–Crippen MR) is 144 cm³/mol. The van der Waals surface area contributed by atoms with E-state index >= 15 is 0 Å². The fourth-order valence-electron chi connectivity index (χ4n) is 5.35. The van der Waals surface area contributed by atoms with Gasteiger partial charge in [0.15, 0.2) is 0 Å². The van der Waals surface area contributed by atoms with E-state index in [1.54, 1.807) is 16.0 Å². The Morgan fingerprint density at radius 3 is 2.41 bits per heavy atom. The first-order valence-corrected chi connectivity index (χ1v) is 13.9. The second-order valence-electron chi connectivity index (χ2n) is 11.8. The third-order valence-electron chi connectivity index (χ3n) is 7.57. The molecular formula is C29H43N3O7. The van der Waals surface area contributed by atoms with Crippen molar-refractivity contribution < 1.29 is 33.8 Å². The summed E-state index contributed by atoms with van der Waals surface area (Å²) in [6, 6.07) is 1.52. The molecule has 1 aromatic rings. The molecule has 2 fully saturated rings. The fraction of sp³-hybridized carbons (Fsp3) is 0.690. The first-order chi connectivity index (χ1) is 18.4. The zero-order chi connectivity index (χ0) is 28.6. The Morgan fingerprint density at radius 2 is 1.77 bits per heavy atom. The summed E-state index contributed by atoms with van der Waals surface area (Å²) in [4.78, 5) is 58.1. The zero-order valence-electron chi connectivity index (χ0n) is 23.7. The van der Waals surface area contributed by atoms with Crippen LogP contribution in [0.15, 0.2) is 18.5 Å². The van der Waals surface area contributed by atoms with Crippen molar-refractivity contribution in [2.24, 2.45) is 11.8 Å². The molecule has 3 rings (SSSR count). The van der Waals surface area contributed by atoms with E-state index < -0.39 is 17.5 Å². The highest BCUT2D eigenvalue weighted by molar-refractivity contribution is 5.84. The molecule has 1 aromatic heterocycles. The van der Waals surface area contributed by atoms with Crippen LogP contribution in [0.4, 0.5) is 4.79 Å². The number of hydrogen-bond donors (Lipinski definition) is 1. The first-order valence-electron chi connectivity index (χ1n) is 13.9. The summed E-state index contributed by atoms with van der Waals surface area (Å²) in [7, 11) is 1.30. The molecular weight excluding hydrogens is 502 g/mol. The van der Waals surface area contributed by atoms with Crippen molar-refractivity contribution in [2.45, 2.75) is 83.7 Å². The molecule has 2 saturated heterocycles. The molecule has 10 nitrogen and oxygen atoms in total. The number of piperidine rings is 2. The lowest BCUT2D eigenvalue weighted by molar-refractivity contribution is -0.141. The van der Waals surface area contributed by atoms with Gasteiger partial charge in [0.2, 0.25) is 5.91 Å². The number of esters is 1. The largest absolute Gasteiger partial charge is 0.506 e. The maximum atomic E-state index is 13.3. The number of likely N-dealkylation sites (tertiary alicyclic amines) is 2. The molecule has 0 bridgehead atoms. The Balaban J connectivity index is 1.48. The highest BCUT2D eigenvalue weighted by atomic mass is 16.6. The van der Waals surface area contributed by atoms with Crippen LogP contribution in [0.25, 0.3) is 0 Å². The Morgan fingerprint density at radius 1 is 1.05 bits per heavy atom. The van der Waals surface area contributed by atoms with E-state index in [0.717, 1.165) is 25.7 Å². The van der Waals surface area contributed by atoms with Crippen LogP contribution in [0.3, 0.4) is 0 Å². The normalized spacial score (nSPS) is 19.3. The lowest BCUT2D eigenvalue weighted by Crippen LogP contribution is -2.43. The van der Waals surface area contributed by atoms with Crippen molar-refractivity contribution >= 4 is 23.8 Å². The molecule has 2 aliphatic rings. The van der Waals surface area contributed by atoms with Gasteiger partial charge in [-0.3, -0.25) is 19.4 Å². The number of carbonyl (C=O) groups is 4. The molecule has 39 heavy (non-hydrogen) atoms. The lowest BCUT2D eigenvalue weighted by Gasteiger charge is -2.35. The summed E-state index contributed by atoms with van der Waals surface area (Å²) in [5, 5.41) is 9.82. The van der Waals surface area contributed by atoms with Crippen molar-refractivity contribution in [2.75, 3.05) is 33.3 Å². The van der Waals surface area contributed by atoms with E-state index in [-0.39, 0.29) is 42.3 Å². The topological polar surface area (TPSA) is 126 Å². The van der Waals surface area contributed by atoms with Crippen LogP contribution in [-0.4, -0.2) is 82.5 Å². The van der Waals surface area contributed by atoms with Crippen LogP contribution in [0.2, 0.25) is 0 Å². The number of rotatable bonds is 9. The number of ether oxygens (including phenoxy) is 2. The molecule has 10 heteroatoms. The second-order valence-corrected chi connectivity index (χ2v) is 11.8. The van der Waals surface area contributed by atoms with Crippen LogP contribution in [0.1, 0.15) is 83.6 Å². The maximum absolute atomic E-state index is 13.3. The van der Waals surface area contributed by atoms with E-state index in [9.17, 15) is 24.3 Å². The number of Topliss-reactive ketones (excluding diaryl/α,β-unsaturated/α-hetero) is 1. The molecule has 2 atom stereocenters. The number of nitrogens with zero attached hydrogens (tertiary/aromatic N) is 3. The third-order valence-corrected chi connectivity index (χ3v) is 7.57. The molecule has 1 N–H and O–H groups in total. The minimum atomic E-state index is -0.516. The Labute approximate surface area is 231 Å². The van der Waals surface area contributed by atoms with Crippen molar-refractivity contribution in [3.05, 3.63) is 24.0 Å². The minimum Gasteiger partial charge on any atom is -0.506 e. The van der Waals surface area contributed by atoms with Gasteiger partial charge in [0, 0.05) is 57.1 Å². The van der Waals surface area contributed by atoms with Gasteiger partial charge >= 0.3 is 12.1 Å². The number of amides is 2. The number of pyridine rings is 1. The summed E-state index contributed by atoms with van der Waals surface area (Å²) in [5.41, 5.74) is 0.0908. The number of aromatic nitrogens is 1. The van der Waals surface area contributed by atoms with Crippen LogP contribution < -0.4 is 0 Å². The number of methoxy groups -OCH3 is 1. The van der Waals surface area contributed by atoms with Crippen LogP contribution in [-0.2, 0) is 23.9 Å². The summed E-state index contributed by atoms with van der Waals surface area (Å²) in [5.74, 6) is -0.768. The number of aromatic hydroxyl groups is 1. The van der Waals surface area contributed by atoms with Crippen molar-refractivity contribution in [3.8, 4) is 5.75 Å². The summed E-state index contributed by atoms with van der Waals surface area (Å²) in [6.07, 6.45) is 7.04.